The summed E-state index contributed by atoms with van der Waals surface area (Å²) in [7, 11) is 0. The lowest BCUT2D eigenvalue weighted by Crippen LogP contribution is -2.13. The second kappa shape index (κ2) is 9.08. The fourth-order valence-electron chi connectivity index (χ4n) is 2.99. The van der Waals surface area contributed by atoms with Crippen molar-refractivity contribution in [3.05, 3.63) is 89.0 Å². The standard InChI is InChI=1S/C23H15FN4OS2/c1-25-18-7-5-14(6-8-18)15-10-16(12-17(24)11-15)20-13-31-23(27-20)28-21(29)19-4-3-9-26-22(19)30-2/h3-13H,2H3,(H,27,28,29). The number of anilines is 1. The fourth-order valence-corrected chi connectivity index (χ4v) is 4.25. The highest BCUT2D eigenvalue weighted by atomic mass is 32.2. The first-order valence-corrected chi connectivity index (χ1v) is 11.2. The van der Waals surface area contributed by atoms with Crippen LogP contribution in [0.1, 0.15) is 10.4 Å². The van der Waals surface area contributed by atoms with Gasteiger partial charge in [-0.15, -0.1) is 23.1 Å². The molecule has 152 valence electrons. The molecule has 5 nitrogen and oxygen atoms in total. The van der Waals surface area contributed by atoms with Crippen molar-refractivity contribution in [1.82, 2.24) is 9.97 Å². The SMILES string of the molecule is [C-]#[N+]c1ccc(-c2cc(F)cc(-c3csc(NC(=O)c4cccnc4SC)n3)c2)cc1. The summed E-state index contributed by atoms with van der Waals surface area (Å²) < 4.78 is 14.3. The minimum absolute atomic E-state index is 0.293. The number of benzene rings is 2. The summed E-state index contributed by atoms with van der Waals surface area (Å²) in [5, 5.41) is 5.62. The van der Waals surface area contributed by atoms with E-state index in [2.05, 4.69) is 20.1 Å². The number of carbonyl (C=O) groups is 1. The fraction of sp³-hybridized carbons (Fsp3) is 0.0435. The van der Waals surface area contributed by atoms with Crippen LogP contribution in [-0.2, 0) is 0 Å². The van der Waals surface area contributed by atoms with Gasteiger partial charge in [0.2, 0.25) is 0 Å². The van der Waals surface area contributed by atoms with Crippen LogP contribution in [0.25, 0.3) is 27.2 Å². The van der Waals surface area contributed by atoms with Crippen molar-refractivity contribution in [3.63, 3.8) is 0 Å². The second-order valence-electron chi connectivity index (χ2n) is 6.44. The van der Waals surface area contributed by atoms with Gasteiger partial charge in [-0.2, -0.15) is 0 Å². The zero-order valence-corrected chi connectivity index (χ0v) is 17.9. The zero-order valence-electron chi connectivity index (χ0n) is 16.3. The zero-order chi connectivity index (χ0) is 21.8. The van der Waals surface area contributed by atoms with Crippen molar-refractivity contribution in [2.45, 2.75) is 5.03 Å². The predicted octanol–water partition coefficient (Wildman–Crippen LogP) is 6.54. The highest BCUT2D eigenvalue weighted by Crippen LogP contribution is 2.31. The van der Waals surface area contributed by atoms with Crippen molar-refractivity contribution in [2.75, 3.05) is 11.6 Å². The van der Waals surface area contributed by atoms with Crippen LogP contribution >= 0.6 is 23.1 Å². The van der Waals surface area contributed by atoms with E-state index in [4.69, 9.17) is 6.57 Å². The molecule has 0 aliphatic heterocycles. The van der Waals surface area contributed by atoms with Gasteiger partial charge < -0.3 is 0 Å². The first-order valence-electron chi connectivity index (χ1n) is 9.12. The number of hydrogen-bond acceptors (Lipinski definition) is 5. The van der Waals surface area contributed by atoms with Crippen LogP contribution in [0.4, 0.5) is 15.2 Å². The molecule has 4 rings (SSSR count). The van der Waals surface area contributed by atoms with E-state index >= 15 is 0 Å². The van der Waals surface area contributed by atoms with E-state index in [1.807, 2.05) is 12.3 Å². The number of nitrogens with zero attached hydrogens (tertiary/aromatic N) is 3. The molecular weight excluding hydrogens is 431 g/mol. The number of thioether (sulfide) groups is 1. The number of nitrogens with one attached hydrogen (secondary N) is 1. The monoisotopic (exact) mass is 446 g/mol. The Balaban J connectivity index is 1.59. The summed E-state index contributed by atoms with van der Waals surface area (Å²) >= 11 is 2.66. The summed E-state index contributed by atoms with van der Waals surface area (Å²) in [5.74, 6) is -0.682. The molecule has 1 N–H and O–H groups in total. The highest BCUT2D eigenvalue weighted by molar-refractivity contribution is 7.98. The van der Waals surface area contributed by atoms with Gasteiger partial charge >= 0.3 is 0 Å². The van der Waals surface area contributed by atoms with Crippen LogP contribution in [0.15, 0.2) is 71.2 Å². The number of halogens is 1. The van der Waals surface area contributed by atoms with E-state index in [1.54, 1.807) is 48.0 Å². The Kier molecular flexibility index (Phi) is 6.07. The Morgan fingerprint density at radius 1 is 1.13 bits per heavy atom. The van der Waals surface area contributed by atoms with Crippen molar-refractivity contribution in [1.29, 1.82) is 0 Å². The Morgan fingerprint density at radius 2 is 1.90 bits per heavy atom. The van der Waals surface area contributed by atoms with Crippen LogP contribution < -0.4 is 5.32 Å². The summed E-state index contributed by atoms with van der Waals surface area (Å²) in [5.41, 5.74) is 3.66. The van der Waals surface area contributed by atoms with E-state index in [1.165, 1.54) is 35.2 Å². The van der Waals surface area contributed by atoms with E-state index in [-0.39, 0.29) is 11.7 Å². The van der Waals surface area contributed by atoms with Crippen molar-refractivity contribution < 1.29 is 9.18 Å². The van der Waals surface area contributed by atoms with Gasteiger partial charge in [-0.05, 0) is 47.7 Å². The molecule has 0 bridgehead atoms. The first kappa shape index (κ1) is 20.7. The van der Waals surface area contributed by atoms with Crippen LogP contribution in [0.2, 0.25) is 0 Å². The average Bonchev–Trinajstić information content (AvgIpc) is 3.27. The number of hydrogen-bond donors (Lipinski definition) is 1. The van der Waals surface area contributed by atoms with Crippen LogP contribution in [0.5, 0.6) is 0 Å². The normalized spacial score (nSPS) is 10.5. The molecule has 0 unspecified atom stereocenters. The Hall–Kier alpha value is -3.54. The van der Waals surface area contributed by atoms with Gasteiger partial charge in [0.1, 0.15) is 10.8 Å². The largest absolute Gasteiger partial charge is 0.298 e. The molecule has 0 aliphatic rings. The number of aromatic nitrogens is 2. The van der Waals surface area contributed by atoms with Crippen LogP contribution in [-0.4, -0.2) is 22.1 Å². The molecule has 0 saturated heterocycles. The Labute approximate surface area is 186 Å². The molecule has 1 amide bonds. The highest BCUT2D eigenvalue weighted by Gasteiger charge is 2.15. The lowest BCUT2D eigenvalue weighted by atomic mass is 10.0. The average molecular weight is 447 g/mol. The van der Waals surface area contributed by atoms with E-state index in [0.717, 1.165) is 5.56 Å². The molecular formula is C23H15FN4OS2. The molecule has 0 radical (unpaired) electrons. The van der Waals surface area contributed by atoms with Gasteiger partial charge in [0.05, 0.1) is 17.8 Å². The molecule has 0 atom stereocenters. The van der Waals surface area contributed by atoms with Gasteiger partial charge in [-0.3, -0.25) is 10.1 Å². The van der Waals surface area contributed by atoms with Crippen LogP contribution in [0.3, 0.4) is 0 Å². The maximum absolute atomic E-state index is 14.3. The summed E-state index contributed by atoms with van der Waals surface area (Å²) in [4.78, 5) is 24.6. The number of amides is 1. The second-order valence-corrected chi connectivity index (χ2v) is 8.09. The minimum atomic E-state index is -0.389. The minimum Gasteiger partial charge on any atom is -0.298 e. The third-order valence-corrected chi connectivity index (χ3v) is 5.93. The molecule has 31 heavy (non-hydrogen) atoms. The van der Waals surface area contributed by atoms with E-state index in [0.29, 0.717) is 38.2 Å². The molecule has 2 heterocycles. The number of rotatable bonds is 5. The summed E-state index contributed by atoms with van der Waals surface area (Å²) in [6, 6.07) is 15.1. The van der Waals surface area contributed by atoms with Gasteiger partial charge in [-0.1, -0.05) is 24.3 Å². The van der Waals surface area contributed by atoms with Gasteiger partial charge in [-0.25, -0.2) is 19.2 Å². The maximum Gasteiger partial charge on any atom is 0.260 e. The number of pyridine rings is 1. The molecule has 0 aliphatic carbocycles. The van der Waals surface area contributed by atoms with E-state index in [9.17, 15) is 9.18 Å². The third-order valence-electron chi connectivity index (χ3n) is 4.46. The lowest BCUT2D eigenvalue weighted by Gasteiger charge is -2.06. The van der Waals surface area contributed by atoms with Gasteiger partial charge in [0.25, 0.3) is 5.91 Å². The van der Waals surface area contributed by atoms with Crippen LogP contribution in [0, 0.1) is 12.4 Å². The third kappa shape index (κ3) is 4.63. The van der Waals surface area contributed by atoms with Gasteiger partial charge in [0, 0.05) is 17.1 Å². The smallest absolute Gasteiger partial charge is 0.260 e. The summed E-state index contributed by atoms with van der Waals surface area (Å²) in [6.07, 6.45) is 3.50. The molecule has 2 aromatic carbocycles. The topological polar surface area (TPSA) is 59.2 Å². The first-order chi connectivity index (χ1) is 15.1. The number of thiazole rings is 1. The maximum atomic E-state index is 14.3. The molecule has 8 heteroatoms. The molecule has 2 aromatic heterocycles. The van der Waals surface area contributed by atoms with E-state index < -0.39 is 0 Å². The summed E-state index contributed by atoms with van der Waals surface area (Å²) in [6.45, 7) is 7.05. The molecule has 0 fully saturated rings. The molecule has 0 spiro atoms. The molecule has 4 aromatic rings. The Morgan fingerprint density at radius 3 is 2.65 bits per heavy atom. The van der Waals surface area contributed by atoms with Crippen molar-refractivity contribution in [3.8, 4) is 22.4 Å². The quantitative estimate of drug-likeness (QED) is 0.279. The lowest BCUT2D eigenvalue weighted by molar-refractivity contribution is 0.102. The van der Waals surface area contributed by atoms with Crippen molar-refractivity contribution >= 4 is 39.8 Å². The van der Waals surface area contributed by atoms with Gasteiger partial charge in [0.15, 0.2) is 10.8 Å². The Bertz CT molecular complexity index is 1300. The number of carbonyl (C=O) groups excluding carboxylic acids is 1. The molecule has 0 saturated carbocycles. The van der Waals surface area contributed by atoms with Crippen molar-refractivity contribution in [2.24, 2.45) is 0 Å². The predicted molar refractivity (Wildman–Crippen MR) is 123 cm³/mol.